The third kappa shape index (κ3) is 4.91. The molecule has 0 unspecified atom stereocenters. The van der Waals surface area contributed by atoms with Gasteiger partial charge in [-0.25, -0.2) is 4.98 Å². The Labute approximate surface area is 100 Å². The van der Waals surface area contributed by atoms with E-state index in [0.29, 0.717) is 6.54 Å². The Balaban J connectivity index is 2.77. The van der Waals surface area contributed by atoms with E-state index in [0.717, 1.165) is 10.8 Å². The zero-order valence-corrected chi connectivity index (χ0v) is 11.1. The van der Waals surface area contributed by atoms with E-state index in [4.69, 9.17) is 5.73 Å². The van der Waals surface area contributed by atoms with E-state index in [2.05, 4.69) is 31.8 Å². The summed E-state index contributed by atoms with van der Waals surface area (Å²) in [6.07, 6.45) is 1.84. The zero-order valence-electron chi connectivity index (χ0n) is 9.49. The first kappa shape index (κ1) is 12.9. The number of thioether (sulfide) groups is 2. The lowest BCUT2D eigenvalue weighted by atomic mass is 10.3. The minimum Gasteiger partial charge on any atom is -0.330 e. The summed E-state index contributed by atoms with van der Waals surface area (Å²) in [5.74, 6) is 0.925. The molecule has 4 heteroatoms. The van der Waals surface area contributed by atoms with E-state index in [9.17, 15) is 0 Å². The van der Waals surface area contributed by atoms with Crippen molar-refractivity contribution in [3.63, 3.8) is 0 Å². The number of hydrogen-bond acceptors (Lipinski definition) is 4. The van der Waals surface area contributed by atoms with Crippen LogP contribution >= 0.6 is 23.5 Å². The van der Waals surface area contributed by atoms with Crippen LogP contribution in [0.4, 0.5) is 0 Å². The summed E-state index contributed by atoms with van der Waals surface area (Å²) in [7, 11) is 0. The molecule has 0 aliphatic heterocycles. The highest BCUT2D eigenvalue weighted by Gasteiger charge is 2.15. The first-order chi connectivity index (χ1) is 7.03. The normalized spacial score (nSPS) is 11.7. The van der Waals surface area contributed by atoms with Crippen LogP contribution in [0.3, 0.4) is 0 Å². The third-order valence-electron chi connectivity index (χ3n) is 1.51. The second-order valence-corrected chi connectivity index (χ2v) is 7.11. The van der Waals surface area contributed by atoms with Crippen LogP contribution in [0.15, 0.2) is 28.3 Å². The average molecular weight is 242 g/mol. The molecular formula is C11H18N2S2. The minimum atomic E-state index is 0.223. The molecule has 2 nitrogen and oxygen atoms in total. The van der Waals surface area contributed by atoms with Crippen LogP contribution in [-0.2, 0) is 0 Å². The summed E-state index contributed by atoms with van der Waals surface area (Å²) < 4.78 is 0.223. The van der Waals surface area contributed by atoms with Crippen LogP contribution in [0, 0.1) is 0 Å². The van der Waals surface area contributed by atoms with Gasteiger partial charge in [0.15, 0.2) is 0 Å². The Bertz CT molecular complexity index is 308. The number of nitrogens with two attached hydrogens (primary N) is 1. The van der Waals surface area contributed by atoms with Gasteiger partial charge in [-0.2, -0.15) is 0 Å². The lowest BCUT2D eigenvalue weighted by Crippen LogP contribution is -2.07. The Morgan fingerprint density at radius 1 is 1.40 bits per heavy atom. The van der Waals surface area contributed by atoms with Gasteiger partial charge in [-0.1, -0.05) is 20.8 Å². The van der Waals surface area contributed by atoms with Gasteiger partial charge in [0.2, 0.25) is 0 Å². The van der Waals surface area contributed by atoms with Crippen LogP contribution in [0.2, 0.25) is 0 Å². The van der Waals surface area contributed by atoms with Crippen molar-refractivity contribution < 1.29 is 0 Å². The fourth-order valence-corrected chi connectivity index (χ4v) is 2.95. The van der Waals surface area contributed by atoms with Crippen LogP contribution in [0.1, 0.15) is 20.8 Å². The Morgan fingerprint density at radius 3 is 2.73 bits per heavy atom. The molecule has 1 rings (SSSR count). The summed E-state index contributed by atoms with van der Waals surface area (Å²) in [5.41, 5.74) is 5.50. The first-order valence-corrected chi connectivity index (χ1v) is 6.80. The number of rotatable bonds is 4. The molecule has 2 N–H and O–H groups in total. The lowest BCUT2D eigenvalue weighted by molar-refractivity contribution is 0.799. The van der Waals surface area contributed by atoms with E-state index in [1.807, 2.05) is 24.0 Å². The van der Waals surface area contributed by atoms with Gasteiger partial charge in [0.1, 0.15) is 5.03 Å². The van der Waals surface area contributed by atoms with Gasteiger partial charge in [0, 0.05) is 28.1 Å². The maximum atomic E-state index is 5.50. The Hall–Kier alpha value is -0.190. The monoisotopic (exact) mass is 242 g/mol. The molecule has 0 atom stereocenters. The fraction of sp³-hybridized carbons (Fsp3) is 0.545. The topological polar surface area (TPSA) is 38.9 Å². The second-order valence-electron chi connectivity index (χ2n) is 4.16. The van der Waals surface area contributed by atoms with Crippen molar-refractivity contribution in [1.82, 2.24) is 4.98 Å². The molecular weight excluding hydrogens is 224 g/mol. The number of pyridine rings is 1. The van der Waals surface area contributed by atoms with Crippen molar-refractivity contribution >= 4 is 23.5 Å². The van der Waals surface area contributed by atoms with Crippen molar-refractivity contribution in [3.05, 3.63) is 18.3 Å². The van der Waals surface area contributed by atoms with Gasteiger partial charge in [0.05, 0.1) is 0 Å². The molecule has 0 aliphatic carbocycles. The summed E-state index contributed by atoms with van der Waals surface area (Å²) in [6.45, 7) is 7.33. The largest absolute Gasteiger partial charge is 0.330 e. The van der Waals surface area contributed by atoms with Crippen molar-refractivity contribution in [1.29, 1.82) is 0 Å². The molecule has 84 valence electrons. The summed E-state index contributed by atoms with van der Waals surface area (Å²) >= 11 is 3.58. The van der Waals surface area contributed by atoms with Crippen LogP contribution in [0.5, 0.6) is 0 Å². The highest BCUT2D eigenvalue weighted by Crippen LogP contribution is 2.36. The second kappa shape index (κ2) is 5.77. The predicted molar refractivity (Wildman–Crippen MR) is 69.6 cm³/mol. The number of nitrogens with zero attached hydrogens (tertiary/aromatic N) is 1. The summed E-state index contributed by atoms with van der Waals surface area (Å²) in [6, 6.07) is 4.11. The van der Waals surface area contributed by atoms with E-state index in [1.165, 1.54) is 4.90 Å². The van der Waals surface area contributed by atoms with Gasteiger partial charge in [-0.05, 0) is 12.1 Å². The van der Waals surface area contributed by atoms with E-state index in [-0.39, 0.29) is 4.75 Å². The molecule has 0 aliphatic rings. The highest BCUT2D eigenvalue weighted by atomic mass is 32.2. The number of hydrogen-bond donors (Lipinski definition) is 1. The molecule has 0 aromatic carbocycles. The highest BCUT2D eigenvalue weighted by molar-refractivity contribution is 8.03. The molecule has 15 heavy (non-hydrogen) atoms. The molecule has 0 bridgehead atoms. The number of aromatic nitrogens is 1. The van der Waals surface area contributed by atoms with E-state index in [1.54, 1.807) is 11.8 Å². The lowest BCUT2D eigenvalue weighted by Gasteiger charge is -2.18. The first-order valence-electron chi connectivity index (χ1n) is 5.00. The third-order valence-corrected chi connectivity index (χ3v) is 3.84. The predicted octanol–water partition coefficient (Wildman–Crippen LogP) is 3.02. The van der Waals surface area contributed by atoms with Crippen molar-refractivity contribution in [2.75, 3.05) is 12.3 Å². The molecule has 0 saturated carbocycles. The molecule has 0 fully saturated rings. The average Bonchev–Trinajstić information content (AvgIpc) is 2.14. The van der Waals surface area contributed by atoms with Gasteiger partial charge < -0.3 is 5.73 Å². The van der Waals surface area contributed by atoms with Crippen LogP contribution in [0.25, 0.3) is 0 Å². The van der Waals surface area contributed by atoms with Crippen molar-refractivity contribution in [3.8, 4) is 0 Å². The molecule has 1 heterocycles. The molecule has 1 aromatic rings. The maximum absolute atomic E-state index is 5.50. The quantitative estimate of drug-likeness (QED) is 0.824. The standard InChI is InChI=1S/C11H18N2S2/c1-11(2,3)15-9-5-4-7-13-10(9)14-8-6-12/h4-5,7H,6,8,12H2,1-3H3. The smallest absolute Gasteiger partial charge is 0.110 e. The van der Waals surface area contributed by atoms with Crippen molar-refractivity contribution in [2.24, 2.45) is 5.73 Å². The maximum Gasteiger partial charge on any atom is 0.110 e. The van der Waals surface area contributed by atoms with Gasteiger partial charge >= 0.3 is 0 Å². The van der Waals surface area contributed by atoms with E-state index < -0.39 is 0 Å². The molecule has 0 radical (unpaired) electrons. The SMILES string of the molecule is CC(C)(C)Sc1cccnc1SCCN. The molecule has 0 amide bonds. The van der Waals surface area contributed by atoms with Crippen LogP contribution < -0.4 is 5.73 Å². The summed E-state index contributed by atoms with van der Waals surface area (Å²) in [4.78, 5) is 5.64. The summed E-state index contributed by atoms with van der Waals surface area (Å²) in [5, 5.41) is 1.10. The Morgan fingerprint density at radius 2 is 2.13 bits per heavy atom. The van der Waals surface area contributed by atoms with Crippen LogP contribution in [-0.4, -0.2) is 22.0 Å². The minimum absolute atomic E-state index is 0.223. The van der Waals surface area contributed by atoms with Gasteiger partial charge in [0.25, 0.3) is 0 Å². The Kier molecular flexibility index (Phi) is 4.96. The van der Waals surface area contributed by atoms with E-state index >= 15 is 0 Å². The van der Waals surface area contributed by atoms with Gasteiger partial charge in [-0.15, -0.1) is 23.5 Å². The fourth-order valence-electron chi connectivity index (χ4n) is 1.05. The molecule has 0 saturated heterocycles. The van der Waals surface area contributed by atoms with Gasteiger partial charge in [-0.3, -0.25) is 0 Å². The van der Waals surface area contributed by atoms with Crippen molar-refractivity contribution in [2.45, 2.75) is 35.4 Å². The molecule has 0 spiro atoms. The molecule has 1 aromatic heterocycles. The zero-order chi connectivity index (χ0) is 11.3.